The maximum atomic E-state index is 13.5. The van der Waals surface area contributed by atoms with Crippen molar-refractivity contribution in [2.45, 2.75) is 32.9 Å². The van der Waals surface area contributed by atoms with Crippen LogP contribution in [0, 0.1) is 12.7 Å². The number of halogens is 1. The van der Waals surface area contributed by atoms with Crippen LogP contribution in [0.15, 0.2) is 18.2 Å². The van der Waals surface area contributed by atoms with Crippen LogP contribution in [-0.2, 0) is 20.1 Å². The monoisotopic (exact) mass is 278 g/mol. The zero-order valence-electron chi connectivity index (χ0n) is 11.9. The van der Waals surface area contributed by atoms with E-state index in [0.29, 0.717) is 18.0 Å². The Hall–Kier alpha value is -1.95. The highest BCUT2D eigenvalue weighted by atomic mass is 19.1. The van der Waals surface area contributed by atoms with E-state index < -0.39 is 0 Å². The van der Waals surface area contributed by atoms with Gasteiger partial charge in [0.2, 0.25) is 0 Å². The Morgan fingerprint density at radius 2 is 2.10 bits per heavy atom. The molecule has 20 heavy (non-hydrogen) atoms. The second-order valence-corrected chi connectivity index (χ2v) is 4.99. The van der Waals surface area contributed by atoms with Crippen LogP contribution in [-0.4, -0.2) is 20.8 Å². The molecule has 0 saturated carbocycles. The molecular formula is C14H19FN4O. The van der Waals surface area contributed by atoms with Crippen LogP contribution in [0.2, 0.25) is 0 Å². The van der Waals surface area contributed by atoms with Gasteiger partial charge >= 0.3 is 0 Å². The fourth-order valence-corrected chi connectivity index (χ4v) is 1.92. The minimum Gasteiger partial charge on any atom is -0.485 e. The lowest BCUT2D eigenvalue weighted by atomic mass is 10.1. The maximum Gasteiger partial charge on any atom is 0.170 e. The van der Waals surface area contributed by atoms with Crippen LogP contribution >= 0.6 is 0 Å². The maximum absolute atomic E-state index is 13.5. The molecule has 0 aliphatic rings. The van der Waals surface area contributed by atoms with Gasteiger partial charge in [-0.3, -0.25) is 0 Å². The molecule has 0 fully saturated rings. The molecule has 0 spiro atoms. The molecular weight excluding hydrogens is 259 g/mol. The Balaban J connectivity index is 2.09. The predicted octanol–water partition coefficient (Wildman–Crippen LogP) is 1.73. The standard InChI is InChI=1S/C14H19FN4O/c1-9(16)4-11-5-12(15)7-13(6-11)20-8-14-18-17-10(2)19(14)3/h5-7,9H,4,8,16H2,1-3H3. The molecule has 0 aliphatic heterocycles. The van der Waals surface area contributed by atoms with Crippen molar-refractivity contribution in [2.24, 2.45) is 12.8 Å². The van der Waals surface area contributed by atoms with Gasteiger partial charge in [-0.05, 0) is 38.0 Å². The van der Waals surface area contributed by atoms with E-state index in [0.717, 1.165) is 11.4 Å². The molecule has 0 saturated heterocycles. The zero-order chi connectivity index (χ0) is 14.7. The average molecular weight is 278 g/mol. The van der Waals surface area contributed by atoms with Crippen molar-refractivity contribution in [2.75, 3.05) is 0 Å². The third-order valence-corrected chi connectivity index (χ3v) is 3.04. The van der Waals surface area contributed by atoms with Gasteiger partial charge in [0.05, 0.1) is 0 Å². The number of hydrogen-bond acceptors (Lipinski definition) is 4. The SMILES string of the molecule is Cc1nnc(COc2cc(F)cc(CC(C)N)c2)n1C. The summed E-state index contributed by atoms with van der Waals surface area (Å²) in [6.45, 7) is 3.99. The molecule has 1 aromatic heterocycles. The van der Waals surface area contributed by atoms with Gasteiger partial charge in [0.25, 0.3) is 0 Å². The number of hydrogen-bond donors (Lipinski definition) is 1. The van der Waals surface area contributed by atoms with Gasteiger partial charge in [-0.1, -0.05) is 0 Å². The van der Waals surface area contributed by atoms with Gasteiger partial charge in [0, 0.05) is 19.2 Å². The predicted molar refractivity (Wildman–Crippen MR) is 73.8 cm³/mol. The fourth-order valence-electron chi connectivity index (χ4n) is 1.92. The van der Waals surface area contributed by atoms with E-state index in [4.69, 9.17) is 10.5 Å². The normalized spacial score (nSPS) is 12.4. The Kier molecular flexibility index (Phi) is 4.34. The van der Waals surface area contributed by atoms with Crippen LogP contribution in [0.5, 0.6) is 5.75 Å². The molecule has 1 heterocycles. The summed E-state index contributed by atoms with van der Waals surface area (Å²) >= 11 is 0. The van der Waals surface area contributed by atoms with E-state index in [9.17, 15) is 4.39 Å². The Labute approximate surface area is 117 Å². The lowest BCUT2D eigenvalue weighted by molar-refractivity contribution is 0.289. The lowest BCUT2D eigenvalue weighted by Crippen LogP contribution is -2.17. The summed E-state index contributed by atoms with van der Waals surface area (Å²) in [5, 5.41) is 7.94. The van der Waals surface area contributed by atoms with E-state index >= 15 is 0 Å². The fraction of sp³-hybridized carbons (Fsp3) is 0.429. The van der Waals surface area contributed by atoms with E-state index in [2.05, 4.69) is 10.2 Å². The number of benzene rings is 1. The molecule has 0 aliphatic carbocycles. The van der Waals surface area contributed by atoms with Gasteiger partial charge in [-0.25, -0.2) is 4.39 Å². The van der Waals surface area contributed by atoms with Gasteiger partial charge in [0.1, 0.15) is 24.0 Å². The van der Waals surface area contributed by atoms with E-state index in [1.807, 2.05) is 25.5 Å². The summed E-state index contributed by atoms with van der Waals surface area (Å²) < 4.78 is 21.0. The number of rotatable bonds is 5. The first-order chi connectivity index (χ1) is 9.45. The van der Waals surface area contributed by atoms with Crippen LogP contribution in [0.1, 0.15) is 24.1 Å². The van der Waals surface area contributed by atoms with Gasteiger partial charge < -0.3 is 15.0 Å². The third kappa shape index (κ3) is 3.54. The molecule has 0 bridgehead atoms. The summed E-state index contributed by atoms with van der Waals surface area (Å²) in [7, 11) is 1.86. The number of ether oxygens (including phenoxy) is 1. The van der Waals surface area contributed by atoms with Crippen LogP contribution in [0.3, 0.4) is 0 Å². The molecule has 1 unspecified atom stereocenters. The van der Waals surface area contributed by atoms with Crippen molar-refractivity contribution in [3.8, 4) is 5.75 Å². The highest BCUT2D eigenvalue weighted by molar-refractivity contribution is 5.30. The first-order valence-corrected chi connectivity index (χ1v) is 6.48. The molecule has 0 amide bonds. The number of aryl methyl sites for hydroxylation is 1. The van der Waals surface area contributed by atoms with Crippen LogP contribution < -0.4 is 10.5 Å². The van der Waals surface area contributed by atoms with Gasteiger partial charge in [-0.2, -0.15) is 0 Å². The van der Waals surface area contributed by atoms with Crippen molar-refractivity contribution < 1.29 is 9.13 Å². The minimum absolute atomic E-state index is 0.0222. The molecule has 0 radical (unpaired) electrons. The third-order valence-electron chi connectivity index (χ3n) is 3.04. The van der Waals surface area contributed by atoms with Crippen molar-refractivity contribution in [3.05, 3.63) is 41.2 Å². The van der Waals surface area contributed by atoms with Crippen molar-refractivity contribution in [1.29, 1.82) is 0 Å². The summed E-state index contributed by atoms with van der Waals surface area (Å²) in [5.41, 5.74) is 6.55. The quantitative estimate of drug-likeness (QED) is 0.904. The van der Waals surface area contributed by atoms with Crippen molar-refractivity contribution in [3.63, 3.8) is 0 Å². The highest BCUT2D eigenvalue weighted by Gasteiger charge is 2.08. The number of nitrogens with two attached hydrogens (primary N) is 1. The van der Waals surface area contributed by atoms with Crippen LogP contribution in [0.25, 0.3) is 0 Å². The number of aromatic nitrogens is 3. The molecule has 108 valence electrons. The summed E-state index contributed by atoms with van der Waals surface area (Å²) in [6, 6.07) is 4.61. The van der Waals surface area contributed by atoms with Gasteiger partial charge in [0.15, 0.2) is 5.82 Å². The van der Waals surface area contributed by atoms with E-state index in [-0.39, 0.29) is 18.5 Å². The topological polar surface area (TPSA) is 66.0 Å². The first kappa shape index (κ1) is 14.5. The number of nitrogens with zero attached hydrogens (tertiary/aromatic N) is 3. The zero-order valence-corrected chi connectivity index (χ0v) is 11.9. The Bertz CT molecular complexity index is 595. The second kappa shape index (κ2) is 6.00. The molecule has 5 nitrogen and oxygen atoms in total. The Morgan fingerprint density at radius 3 is 2.70 bits per heavy atom. The average Bonchev–Trinajstić information content (AvgIpc) is 2.66. The first-order valence-electron chi connectivity index (χ1n) is 6.48. The van der Waals surface area contributed by atoms with Crippen molar-refractivity contribution >= 4 is 0 Å². The van der Waals surface area contributed by atoms with E-state index in [1.165, 1.54) is 12.1 Å². The molecule has 6 heteroatoms. The Morgan fingerprint density at radius 1 is 1.35 bits per heavy atom. The van der Waals surface area contributed by atoms with Gasteiger partial charge in [-0.15, -0.1) is 10.2 Å². The highest BCUT2D eigenvalue weighted by Crippen LogP contribution is 2.18. The smallest absolute Gasteiger partial charge is 0.170 e. The minimum atomic E-state index is -0.327. The second-order valence-electron chi connectivity index (χ2n) is 4.99. The largest absolute Gasteiger partial charge is 0.485 e. The summed E-state index contributed by atoms with van der Waals surface area (Å²) in [5.74, 6) is 1.65. The molecule has 2 N–H and O–H groups in total. The summed E-state index contributed by atoms with van der Waals surface area (Å²) in [6.07, 6.45) is 0.608. The van der Waals surface area contributed by atoms with Crippen LogP contribution in [0.4, 0.5) is 4.39 Å². The molecule has 2 aromatic rings. The molecule has 1 aromatic carbocycles. The lowest BCUT2D eigenvalue weighted by Gasteiger charge is -2.10. The van der Waals surface area contributed by atoms with Crippen molar-refractivity contribution in [1.82, 2.24) is 14.8 Å². The van der Waals surface area contributed by atoms with E-state index in [1.54, 1.807) is 6.07 Å². The molecule has 1 atom stereocenters. The summed E-state index contributed by atoms with van der Waals surface area (Å²) in [4.78, 5) is 0. The molecule has 2 rings (SSSR count).